The van der Waals surface area contributed by atoms with E-state index in [-0.39, 0.29) is 20.1 Å². The van der Waals surface area contributed by atoms with Crippen molar-refractivity contribution in [2.45, 2.75) is 27.7 Å². The van der Waals surface area contributed by atoms with Crippen molar-refractivity contribution < 1.29 is 48.2 Å². The molecule has 13 nitrogen and oxygen atoms in total. The zero-order chi connectivity index (χ0) is 40.3. The van der Waals surface area contributed by atoms with Crippen LogP contribution >= 0.6 is 0 Å². The molecule has 0 aliphatic carbocycles. The third kappa shape index (κ3) is 9.84. The van der Waals surface area contributed by atoms with E-state index in [1.54, 1.807) is 40.7 Å². The Morgan fingerprint density at radius 1 is 0.569 bits per heavy atom. The molecular weight excluding hydrogens is 911 g/mol. The number of methoxy groups -OCH3 is 4. The van der Waals surface area contributed by atoms with Crippen molar-refractivity contribution in [2.24, 2.45) is 0 Å². The average molecular weight is 953 g/mol. The zero-order valence-electron chi connectivity index (χ0n) is 33.4. The second-order valence-electron chi connectivity index (χ2n) is 12.4. The number of hydrogen-bond donors (Lipinski definition) is 0. The van der Waals surface area contributed by atoms with E-state index in [2.05, 4.69) is 78.1 Å². The van der Waals surface area contributed by atoms with Crippen molar-refractivity contribution in [3.05, 3.63) is 157 Å². The Hall–Kier alpha value is -6.63. The Kier molecular flexibility index (Phi) is 14.7. The van der Waals surface area contributed by atoms with Crippen LogP contribution in [0.2, 0.25) is 0 Å². The minimum absolute atomic E-state index is 0. The van der Waals surface area contributed by atoms with Gasteiger partial charge in [0.15, 0.2) is 0 Å². The fourth-order valence-electron chi connectivity index (χ4n) is 5.66. The standard InChI is InChI=1S/2C19H19N2O2.C6H4N5.Ir/c2*1-14-15(2)21(17-7-11-19(23-4)12-8-17)13-20(14)16-5-9-18(22-3)10-6-16;1-2-4-7-5(3-1)6-8-10-11-9-6;/h2*5-7,9-12H,1-4H3;1-4H;/q3*-1;. The van der Waals surface area contributed by atoms with E-state index in [0.717, 1.165) is 68.5 Å². The number of tetrazole rings is 1. The molecule has 299 valence electrons. The van der Waals surface area contributed by atoms with Gasteiger partial charge in [-0.2, -0.15) is 29.5 Å². The number of benzene rings is 4. The Morgan fingerprint density at radius 2 is 1.02 bits per heavy atom. The quantitative estimate of drug-likeness (QED) is 0.130. The summed E-state index contributed by atoms with van der Waals surface area (Å²) in [5.74, 6) is 3.72. The summed E-state index contributed by atoms with van der Waals surface area (Å²) in [4.78, 5) is 4.02. The molecule has 0 unspecified atom stereocenters. The molecule has 0 bridgehead atoms. The van der Waals surface area contributed by atoms with E-state index in [9.17, 15) is 0 Å². The van der Waals surface area contributed by atoms with Crippen LogP contribution < -0.4 is 33.2 Å². The minimum Gasteiger partial charge on any atom is -0.554 e. The number of imidazole rings is 2. The Morgan fingerprint density at radius 3 is 1.36 bits per heavy atom. The average Bonchev–Trinajstić information content (AvgIpc) is 4.00. The molecule has 0 aliphatic heterocycles. The first-order valence-electron chi connectivity index (χ1n) is 17.8. The molecule has 58 heavy (non-hydrogen) atoms. The molecule has 0 atom stereocenters. The van der Waals surface area contributed by atoms with Gasteiger partial charge in [-0.3, -0.25) is 24.4 Å². The summed E-state index contributed by atoms with van der Waals surface area (Å²) in [5, 5.41) is 14.0. The van der Waals surface area contributed by atoms with Crippen molar-refractivity contribution >= 4 is 0 Å². The molecule has 0 amide bonds. The summed E-state index contributed by atoms with van der Waals surface area (Å²) in [5.41, 5.74) is 9.11. The third-order valence-corrected chi connectivity index (χ3v) is 9.15. The predicted molar refractivity (Wildman–Crippen MR) is 211 cm³/mol. The van der Waals surface area contributed by atoms with Gasteiger partial charge in [-0.05, 0) is 99.7 Å². The van der Waals surface area contributed by atoms with E-state index in [4.69, 9.17) is 18.9 Å². The SMILES string of the molecule is COc1c[c-]c(-n2[c-][n+](-c3ccc(OC)cc3)c(C)c2C)cc1.COc1c[c-]c(-n2[c-][n+](-c3ccc(OC)cc3)c(C)c2C)cc1.[Ir].c1ccc(-c2nnn[n-]2)nc1. The monoisotopic (exact) mass is 953 g/mol. The van der Waals surface area contributed by atoms with Gasteiger partial charge in [0.25, 0.3) is 12.7 Å². The van der Waals surface area contributed by atoms with E-state index >= 15 is 0 Å². The molecular formula is C44H42IrN9O4-3. The summed E-state index contributed by atoms with van der Waals surface area (Å²) in [6.45, 7) is 8.31. The third-order valence-electron chi connectivity index (χ3n) is 9.15. The van der Waals surface area contributed by atoms with Crippen LogP contribution in [0.3, 0.4) is 0 Å². The summed E-state index contributed by atoms with van der Waals surface area (Å²) in [6.07, 6.45) is 8.43. The Bertz CT molecular complexity index is 2190. The number of ether oxygens (including phenoxy) is 4. The molecule has 0 aliphatic rings. The normalized spacial score (nSPS) is 10.3. The van der Waals surface area contributed by atoms with Crippen molar-refractivity contribution in [2.75, 3.05) is 28.4 Å². The van der Waals surface area contributed by atoms with Gasteiger partial charge in [0.05, 0.1) is 62.7 Å². The molecule has 1 radical (unpaired) electrons. The zero-order valence-corrected chi connectivity index (χ0v) is 35.8. The van der Waals surface area contributed by atoms with Crippen LogP contribution in [0.25, 0.3) is 34.3 Å². The van der Waals surface area contributed by atoms with Crippen LogP contribution in [0.4, 0.5) is 0 Å². The number of aromatic nitrogens is 9. The van der Waals surface area contributed by atoms with Gasteiger partial charge in [0, 0.05) is 49.2 Å². The van der Waals surface area contributed by atoms with Crippen LogP contribution in [0.15, 0.2) is 109 Å². The molecule has 0 saturated carbocycles. The molecule has 4 aromatic heterocycles. The van der Waals surface area contributed by atoms with E-state index in [1.807, 2.05) is 115 Å². The largest absolute Gasteiger partial charge is 0.554 e. The molecule has 4 heterocycles. The fourth-order valence-corrected chi connectivity index (χ4v) is 5.66. The van der Waals surface area contributed by atoms with Gasteiger partial charge in [0.2, 0.25) is 0 Å². The van der Waals surface area contributed by atoms with Crippen molar-refractivity contribution in [1.82, 2.24) is 34.7 Å². The van der Waals surface area contributed by atoms with Gasteiger partial charge in [0.1, 0.15) is 11.5 Å². The van der Waals surface area contributed by atoms with E-state index < -0.39 is 0 Å². The smallest absolute Gasteiger partial charge is 0.267 e. The number of pyridine rings is 1. The van der Waals surface area contributed by atoms with Gasteiger partial charge in [-0.1, -0.05) is 6.07 Å². The summed E-state index contributed by atoms with van der Waals surface area (Å²) in [6, 6.07) is 39.3. The summed E-state index contributed by atoms with van der Waals surface area (Å²) in [7, 11) is 6.63. The molecule has 8 rings (SSSR count). The second kappa shape index (κ2) is 20.0. The molecule has 0 fully saturated rings. The maximum Gasteiger partial charge on any atom is 0.267 e. The van der Waals surface area contributed by atoms with Crippen molar-refractivity contribution in [1.29, 1.82) is 0 Å². The molecule has 8 aromatic rings. The molecule has 0 N–H and O–H groups in total. The van der Waals surface area contributed by atoms with Crippen LogP contribution in [0.5, 0.6) is 23.0 Å². The van der Waals surface area contributed by atoms with Gasteiger partial charge in [-0.25, -0.2) is 0 Å². The predicted octanol–water partition coefficient (Wildman–Crippen LogP) is 5.87. The number of nitrogens with zero attached hydrogens (tertiary/aromatic N) is 9. The van der Waals surface area contributed by atoms with Gasteiger partial charge < -0.3 is 33.2 Å². The summed E-state index contributed by atoms with van der Waals surface area (Å²) >= 11 is 0. The molecule has 14 heteroatoms. The first-order valence-corrected chi connectivity index (χ1v) is 17.8. The molecule has 0 saturated heterocycles. The van der Waals surface area contributed by atoms with Crippen LogP contribution in [0.1, 0.15) is 22.8 Å². The number of rotatable bonds is 9. The first kappa shape index (κ1) is 42.5. The maximum atomic E-state index is 5.21. The number of hydrogen-bond acceptors (Lipinski definition) is 8. The second-order valence-corrected chi connectivity index (χ2v) is 12.4. The van der Waals surface area contributed by atoms with E-state index in [0.29, 0.717) is 11.5 Å². The van der Waals surface area contributed by atoms with E-state index in [1.165, 1.54) is 0 Å². The topological polar surface area (TPSA) is 120 Å². The first-order chi connectivity index (χ1) is 27.7. The molecule has 4 aromatic carbocycles. The maximum absolute atomic E-state index is 5.21. The van der Waals surface area contributed by atoms with Gasteiger partial charge >= 0.3 is 0 Å². The Labute approximate surface area is 351 Å². The Balaban J connectivity index is 0.000000174. The minimum atomic E-state index is 0. The molecule has 0 spiro atoms. The van der Waals surface area contributed by atoms with Crippen molar-refractivity contribution in [3.8, 4) is 57.3 Å². The van der Waals surface area contributed by atoms with Crippen LogP contribution in [-0.4, -0.2) is 58.1 Å². The van der Waals surface area contributed by atoms with Gasteiger partial charge in [-0.15, -0.1) is 24.3 Å². The van der Waals surface area contributed by atoms with Crippen LogP contribution in [-0.2, 0) is 20.1 Å². The fraction of sp³-hybridized carbons (Fsp3) is 0.182. The van der Waals surface area contributed by atoms with Crippen molar-refractivity contribution in [3.63, 3.8) is 0 Å². The summed E-state index contributed by atoms with van der Waals surface area (Å²) < 4.78 is 28.9. The van der Waals surface area contributed by atoms with Crippen LogP contribution in [0, 0.1) is 52.5 Å².